The first-order valence-electron chi connectivity index (χ1n) is 10.6. The predicted octanol–water partition coefficient (Wildman–Crippen LogP) is 0.755. The monoisotopic (exact) mass is 454 g/mol. The molecular formula is C22H26N6O5. The number of aliphatic hydroxyl groups is 2. The third kappa shape index (κ3) is 4.89. The molecule has 2 bridgehead atoms. The highest BCUT2D eigenvalue weighted by atomic mass is 16.5. The van der Waals surface area contributed by atoms with E-state index in [1.165, 1.54) is 12.3 Å². The molecule has 0 aliphatic carbocycles. The van der Waals surface area contributed by atoms with Crippen LogP contribution in [0.5, 0.6) is 5.75 Å². The Labute approximate surface area is 190 Å². The number of ether oxygens (including phenoxy) is 1. The normalized spacial score (nSPS) is 17.2. The van der Waals surface area contributed by atoms with E-state index in [-0.39, 0.29) is 30.1 Å². The summed E-state index contributed by atoms with van der Waals surface area (Å²) in [6.45, 7) is 4.87. The smallest absolute Gasteiger partial charge is 0.329 e. The lowest BCUT2D eigenvalue weighted by Gasteiger charge is -2.35. The summed E-state index contributed by atoms with van der Waals surface area (Å²) >= 11 is 0. The molecule has 2 atom stereocenters. The van der Waals surface area contributed by atoms with Crippen LogP contribution in [0.25, 0.3) is 0 Å². The maximum absolute atomic E-state index is 13.3. The number of nitrogens with zero attached hydrogens (tertiary/aromatic N) is 4. The summed E-state index contributed by atoms with van der Waals surface area (Å²) in [5.74, 6) is 0.726. The van der Waals surface area contributed by atoms with Gasteiger partial charge in [0.1, 0.15) is 30.0 Å². The van der Waals surface area contributed by atoms with Crippen molar-refractivity contribution in [3.8, 4) is 5.75 Å². The van der Waals surface area contributed by atoms with Crippen molar-refractivity contribution >= 4 is 29.3 Å². The van der Waals surface area contributed by atoms with E-state index < -0.39 is 18.7 Å². The second-order valence-electron chi connectivity index (χ2n) is 7.75. The van der Waals surface area contributed by atoms with Crippen LogP contribution in [0.2, 0.25) is 0 Å². The third-order valence-electron chi connectivity index (χ3n) is 5.43. The van der Waals surface area contributed by atoms with Crippen molar-refractivity contribution in [3.05, 3.63) is 48.8 Å². The average Bonchev–Trinajstić information content (AvgIpc) is 3.25. The molecule has 4 rings (SSSR count). The van der Waals surface area contributed by atoms with Gasteiger partial charge in [-0.2, -0.15) is 0 Å². The van der Waals surface area contributed by atoms with Crippen molar-refractivity contribution in [1.82, 2.24) is 15.3 Å². The summed E-state index contributed by atoms with van der Waals surface area (Å²) in [5.41, 5.74) is 1.01. The lowest BCUT2D eigenvalue weighted by atomic mass is 10.1. The molecule has 33 heavy (non-hydrogen) atoms. The Balaban J connectivity index is 1.55. The van der Waals surface area contributed by atoms with E-state index in [0.717, 1.165) is 18.7 Å². The molecule has 3 amide bonds. The number of pyridine rings is 2. The second kappa shape index (κ2) is 9.84. The minimum Gasteiger partial charge on any atom is -0.491 e. The highest BCUT2D eigenvalue weighted by Crippen LogP contribution is 2.39. The fraction of sp³-hybridized carbons (Fsp3) is 0.364. The van der Waals surface area contributed by atoms with Crippen LogP contribution in [0, 0.1) is 0 Å². The van der Waals surface area contributed by atoms with Gasteiger partial charge in [-0.3, -0.25) is 15.0 Å². The van der Waals surface area contributed by atoms with Gasteiger partial charge >= 0.3 is 6.03 Å². The Bertz CT molecular complexity index is 1050. The largest absolute Gasteiger partial charge is 0.491 e. The highest BCUT2D eigenvalue weighted by molar-refractivity contribution is 6.05. The van der Waals surface area contributed by atoms with Crippen LogP contribution < -0.4 is 25.2 Å². The van der Waals surface area contributed by atoms with E-state index in [1.54, 1.807) is 23.1 Å². The molecule has 0 radical (unpaired) electrons. The summed E-state index contributed by atoms with van der Waals surface area (Å²) in [7, 11) is 0. The summed E-state index contributed by atoms with van der Waals surface area (Å²) < 4.78 is 5.42. The van der Waals surface area contributed by atoms with Crippen molar-refractivity contribution in [1.29, 1.82) is 0 Å². The minimum absolute atomic E-state index is 0.0874. The van der Waals surface area contributed by atoms with Gasteiger partial charge < -0.3 is 25.2 Å². The number of aromatic nitrogens is 2. The second-order valence-corrected chi connectivity index (χ2v) is 7.75. The zero-order valence-corrected chi connectivity index (χ0v) is 18.0. The van der Waals surface area contributed by atoms with E-state index in [4.69, 9.17) is 9.84 Å². The Morgan fingerprint density at radius 1 is 1.36 bits per heavy atom. The molecule has 11 heteroatoms. The number of carbonyl (C=O) groups excluding carboxylic acids is 2. The molecule has 0 aromatic carbocycles. The zero-order valence-electron chi connectivity index (χ0n) is 18.0. The van der Waals surface area contributed by atoms with Crippen LogP contribution in [0.1, 0.15) is 16.9 Å². The van der Waals surface area contributed by atoms with E-state index >= 15 is 0 Å². The molecule has 0 saturated carbocycles. The number of anilines is 3. The van der Waals surface area contributed by atoms with Gasteiger partial charge in [-0.1, -0.05) is 6.08 Å². The zero-order chi connectivity index (χ0) is 23.4. The number of hydrogen-bond acceptors (Lipinski definition) is 8. The van der Waals surface area contributed by atoms with Crippen LogP contribution in [0.3, 0.4) is 0 Å². The molecule has 1 saturated heterocycles. The molecule has 0 spiro atoms. The number of fused-ring (bicyclic) bond motifs is 4. The maximum Gasteiger partial charge on any atom is 0.329 e. The van der Waals surface area contributed by atoms with Crippen LogP contribution in [-0.2, 0) is 0 Å². The van der Waals surface area contributed by atoms with Crippen molar-refractivity contribution in [2.24, 2.45) is 0 Å². The van der Waals surface area contributed by atoms with E-state index in [1.807, 2.05) is 6.07 Å². The van der Waals surface area contributed by atoms with E-state index in [0.29, 0.717) is 24.7 Å². The number of carbonyl (C=O) groups is 2. The molecule has 174 valence electrons. The van der Waals surface area contributed by atoms with Crippen molar-refractivity contribution in [2.75, 3.05) is 48.0 Å². The van der Waals surface area contributed by atoms with Crippen molar-refractivity contribution in [3.63, 3.8) is 0 Å². The molecule has 2 aromatic rings. The predicted molar refractivity (Wildman–Crippen MR) is 122 cm³/mol. The number of amides is 3. The fourth-order valence-electron chi connectivity index (χ4n) is 3.84. The fourth-order valence-corrected chi connectivity index (χ4v) is 3.84. The Morgan fingerprint density at radius 3 is 3.00 bits per heavy atom. The third-order valence-corrected chi connectivity index (χ3v) is 5.43. The van der Waals surface area contributed by atoms with Crippen LogP contribution in [0.15, 0.2) is 43.1 Å². The van der Waals surface area contributed by atoms with Crippen LogP contribution in [0.4, 0.5) is 22.1 Å². The maximum atomic E-state index is 13.3. The molecule has 1 unspecified atom stereocenters. The number of hydrogen-bond donors (Lipinski definition) is 4. The Kier molecular flexibility index (Phi) is 6.71. The van der Waals surface area contributed by atoms with E-state index in [2.05, 4.69) is 32.1 Å². The number of nitrogens with one attached hydrogen (secondary N) is 2. The number of rotatable bonds is 8. The molecular weight excluding hydrogens is 428 g/mol. The van der Waals surface area contributed by atoms with Gasteiger partial charge in [0.2, 0.25) is 0 Å². The van der Waals surface area contributed by atoms with Gasteiger partial charge in [0.05, 0.1) is 18.3 Å². The Hall–Kier alpha value is -3.70. The molecule has 2 aliphatic rings. The van der Waals surface area contributed by atoms with Gasteiger partial charge in [0.25, 0.3) is 5.91 Å². The van der Waals surface area contributed by atoms with Crippen molar-refractivity contribution in [2.45, 2.75) is 18.6 Å². The quantitative estimate of drug-likeness (QED) is 0.429. The van der Waals surface area contributed by atoms with E-state index in [9.17, 15) is 14.7 Å². The van der Waals surface area contributed by atoms with Gasteiger partial charge in [-0.15, -0.1) is 6.58 Å². The minimum atomic E-state index is -1.00. The Morgan fingerprint density at radius 2 is 2.21 bits per heavy atom. The van der Waals surface area contributed by atoms with Crippen LogP contribution >= 0.6 is 0 Å². The lowest BCUT2D eigenvalue weighted by Crippen LogP contribution is -2.48. The number of aliphatic hydroxyl groups excluding tert-OH is 2. The highest BCUT2D eigenvalue weighted by Gasteiger charge is 2.40. The summed E-state index contributed by atoms with van der Waals surface area (Å²) in [5, 5.41) is 23.8. The molecule has 11 nitrogen and oxygen atoms in total. The van der Waals surface area contributed by atoms with Gasteiger partial charge in [0, 0.05) is 31.9 Å². The summed E-state index contributed by atoms with van der Waals surface area (Å²) in [4.78, 5) is 38.1. The average molecular weight is 454 g/mol. The van der Waals surface area contributed by atoms with Gasteiger partial charge in [-0.25, -0.2) is 14.8 Å². The standard InChI is InChI=1S/C22H26N6O5/c1-2-7-24-21(31)17-3-4-18-20(25-17)28(14-6-9-27(18)11-14)22(32)26-19-10-16(5-8-23-19)33-13-15(30)12-29/h2-5,8,10,14-15,29-30H,1,6-7,9,11-13H2,(H,24,31)(H,23,26,32)/t14?,15-/m1/s1. The van der Waals surface area contributed by atoms with Gasteiger partial charge in [0.15, 0.2) is 5.82 Å². The number of urea groups is 1. The summed E-state index contributed by atoms with van der Waals surface area (Å²) in [6.07, 6.45) is 2.82. The first-order valence-corrected chi connectivity index (χ1v) is 10.6. The SMILES string of the molecule is C=CCNC(=O)c1ccc2c(n1)N(C(=O)Nc1cc(OC[C@H](O)CO)ccn1)C1CCN2C1. The van der Waals surface area contributed by atoms with Crippen molar-refractivity contribution < 1.29 is 24.5 Å². The summed E-state index contributed by atoms with van der Waals surface area (Å²) in [6, 6.07) is 6.07. The molecule has 2 aromatic heterocycles. The first-order chi connectivity index (χ1) is 16.0. The topological polar surface area (TPSA) is 140 Å². The van der Waals surface area contributed by atoms with Crippen LogP contribution in [-0.4, -0.2) is 77.1 Å². The van der Waals surface area contributed by atoms with Gasteiger partial charge in [-0.05, 0) is 24.6 Å². The molecule has 2 aliphatic heterocycles. The first kappa shape index (κ1) is 22.5. The molecule has 4 heterocycles. The molecule has 4 N–H and O–H groups in total. The lowest BCUT2D eigenvalue weighted by molar-refractivity contribution is 0.0536. The molecule has 1 fully saturated rings.